The highest BCUT2D eigenvalue weighted by molar-refractivity contribution is 5.82. The van der Waals surface area contributed by atoms with E-state index in [1.165, 1.54) is 0 Å². The summed E-state index contributed by atoms with van der Waals surface area (Å²) < 4.78 is 12.8. The summed E-state index contributed by atoms with van der Waals surface area (Å²) in [5.74, 6) is 0.219. The van der Waals surface area contributed by atoms with Crippen molar-refractivity contribution in [3.8, 4) is 0 Å². The molecule has 3 fully saturated rings. The zero-order valence-electron chi connectivity index (χ0n) is 17.7. The van der Waals surface area contributed by atoms with Crippen molar-refractivity contribution in [2.24, 2.45) is 17.1 Å². The summed E-state index contributed by atoms with van der Waals surface area (Å²) >= 11 is 0. The Morgan fingerprint density at radius 1 is 1.19 bits per heavy atom. The van der Waals surface area contributed by atoms with Gasteiger partial charge in [-0.25, -0.2) is 0 Å². The van der Waals surface area contributed by atoms with Crippen molar-refractivity contribution in [1.29, 1.82) is 0 Å². The summed E-state index contributed by atoms with van der Waals surface area (Å²) in [4.78, 5) is 14.5. The van der Waals surface area contributed by atoms with Crippen LogP contribution in [0.5, 0.6) is 0 Å². The number of nitrogens with two attached hydrogens (primary N) is 1. The molecule has 3 aliphatic heterocycles. The van der Waals surface area contributed by atoms with Gasteiger partial charge in [-0.1, -0.05) is 13.8 Å². The molecule has 1 spiro atoms. The Kier molecular flexibility index (Phi) is 5.67. The van der Waals surface area contributed by atoms with E-state index in [-0.39, 0.29) is 28.9 Å². The molecule has 6 heteroatoms. The smallest absolute Gasteiger partial charge is 0.239 e. The molecule has 0 aromatic rings. The lowest BCUT2D eigenvalue weighted by Crippen LogP contribution is -2.58. The van der Waals surface area contributed by atoms with Crippen LogP contribution in [0.1, 0.15) is 66.7 Å². The molecule has 0 unspecified atom stereocenters. The second kappa shape index (κ2) is 7.29. The van der Waals surface area contributed by atoms with Gasteiger partial charge < -0.3 is 25.2 Å². The Hall–Kier alpha value is -0.690. The summed E-state index contributed by atoms with van der Waals surface area (Å²) in [5, 5.41) is 10.4. The highest BCUT2D eigenvalue weighted by Crippen LogP contribution is 2.49. The third-order valence-corrected chi connectivity index (χ3v) is 7.31. The molecule has 3 rings (SSSR count). The number of aliphatic hydroxyl groups excluding tert-OH is 1. The van der Waals surface area contributed by atoms with Gasteiger partial charge in [0.2, 0.25) is 5.91 Å². The van der Waals surface area contributed by atoms with Crippen molar-refractivity contribution in [3.05, 3.63) is 0 Å². The van der Waals surface area contributed by atoms with Gasteiger partial charge in [-0.15, -0.1) is 0 Å². The van der Waals surface area contributed by atoms with E-state index in [2.05, 4.69) is 6.92 Å². The first-order valence-electron chi connectivity index (χ1n) is 10.5. The summed E-state index contributed by atoms with van der Waals surface area (Å²) in [5.41, 5.74) is 5.21. The van der Waals surface area contributed by atoms with Crippen LogP contribution < -0.4 is 5.73 Å². The number of hydrogen-bond acceptors (Lipinski definition) is 5. The zero-order valence-corrected chi connectivity index (χ0v) is 17.7. The largest absolute Gasteiger partial charge is 0.390 e. The van der Waals surface area contributed by atoms with Crippen LogP contribution in [0.2, 0.25) is 0 Å². The van der Waals surface area contributed by atoms with Crippen molar-refractivity contribution in [2.45, 2.75) is 96.2 Å². The van der Waals surface area contributed by atoms with Crippen molar-refractivity contribution >= 4 is 5.91 Å². The molecule has 3 saturated heterocycles. The van der Waals surface area contributed by atoms with Crippen molar-refractivity contribution in [1.82, 2.24) is 4.90 Å². The highest BCUT2D eigenvalue weighted by Gasteiger charge is 2.53. The van der Waals surface area contributed by atoms with E-state index in [4.69, 9.17) is 15.2 Å². The Morgan fingerprint density at radius 2 is 1.81 bits per heavy atom. The Morgan fingerprint density at radius 3 is 2.41 bits per heavy atom. The molecule has 0 aromatic heterocycles. The lowest BCUT2D eigenvalue weighted by atomic mass is 9.69. The maximum atomic E-state index is 12.6. The summed E-state index contributed by atoms with van der Waals surface area (Å²) in [7, 11) is 0. The SMILES string of the molecule is CC(C)[C@@H](N)C(=O)N1CCC2(CC1)CO[C@]1(C)CC[C@H](O)C(C)(C)O[C@H]1C2. The number of likely N-dealkylation sites (tertiary alicyclic amines) is 1. The molecule has 27 heavy (non-hydrogen) atoms. The Balaban J connectivity index is 1.67. The van der Waals surface area contributed by atoms with Crippen molar-refractivity contribution < 1.29 is 19.4 Å². The number of hydrogen-bond donors (Lipinski definition) is 2. The molecule has 0 saturated carbocycles. The van der Waals surface area contributed by atoms with Gasteiger partial charge >= 0.3 is 0 Å². The molecular formula is C21H38N2O4. The van der Waals surface area contributed by atoms with Crippen LogP contribution in [0.3, 0.4) is 0 Å². The first kappa shape index (κ1) is 21.0. The number of carbonyl (C=O) groups is 1. The number of amides is 1. The predicted octanol–water partition coefficient (Wildman–Crippen LogP) is 2.08. The molecule has 4 atom stereocenters. The first-order chi connectivity index (χ1) is 12.5. The average molecular weight is 383 g/mol. The minimum absolute atomic E-state index is 0.0291. The molecule has 3 heterocycles. The standard InChI is InChI=1S/C21H38N2O4/c1-14(2)17(22)18(25)23-10-8-21(9-11-23)12-16-20(5,26-13-21)7-6-15(24)19(3,4)27-16/h14-17,24H,6-13,22H2,1-5H3/t15-,16-,17+,20+/m0/s1. The van der Waals surface area contributed by atoms with E-state index >= 15 is 0 Å². The van der Waals surface area contributed by atoms with E-state index in [1.807, 2.05) is 32.6 Å². The minimum atomic E-state index is -0.564. The number of ether oxygens (including phenoxy) is 2. The molecule has 156 valence electrons. The van der Waals surface area contributed by atoms with Crippen LogP contribution in [-0.2, 0) is 14.3 Å². The fraction of sp³-hybridized carbons (Fsp3) is 0.952. The van der Waals surface area contributed by atoms with Crippen LogP contribution >= 0.6 is 0 Å². The van der Waals surface area contributed by atoms with Gasteiger partial charge in [0.05, 0.1) is 36.1 Å². The van der Waals surface area contributed by atoms with Crippen molar-refractivity contribution in [3.63, 3.8) is 0 Å². The Bertz CT molecular complexity index is 556. The second-order valence-corrected chi connectivity index (χ2v) is 10.2. The molecular weight excluding hydrogens is 344 g/mol. The number of nitrogens with zero attached hydrogens (tertiary/aromatic N) is 1. The summed E-state index contributed by atoms with van der Waals surface area (Å²) in [6.45, 7) is 12.2. The van der Waals surface area contributed by atoms with Crippen LogP contribution in [0.4, 0.5) is 0 Å². The van der Waals surface area contributed by atoms with E-state index < -0.39 is 17.7 Å². The van der Waals surface area contributed by atoms with Gasteiger partial charge in [-0.3, -0.25) is 4.79 Å². The van der Waals surface area contributed by atoms with Gasteiger partial charge in [-0.05, 0) is 64.2 Å². The fourth-order valence-corrected chi connectivity index (χ4v) is 4.74. The average Bonchev–Trinajstić information content (AvgIpc) is 2.70. The quantitative estimate of drug-likeness (QED) is 0.764. The lowest BCUT2D eigenvalue weighted by Gasteiger charge is -2.52. The van der Waals surface area contributed by atoms with Gasteiger partial charge in [0.25, 0.3) is 0 Å². The van der Waals surface area contributed by atoms with Crippen LogP contribution in [-0.4, -0.2) is 65.1 Å². The zero-order chi connectivity index (χ0) is 20.0. The first-order valence-corrected chi connectivity index (χ1v) is 10.5. The lowest BCUT2D eigenvalue weighted by molar-refractivity contribution is -0.240. The molecule has 6 nitrogen and oxygen atoms in total. The van der Waals surface area contributed by atoms with Crippen LogP contribution in [0, 0.1) is 11.3 Å². The van der Waals surface area contributed by atoms with Crippen LogP contribution in [0.15, 0.2) is 0 Å². The number of piperidine rings is 1. The number of rotatable bonds is 2. The van der Waals surface area contributed by atoms with E-state index in [0.717, 1.165) is 38.8 Å². The van der Waals surface area contributed by atoms with E-state index in [9.17, 15) is 9.90 Å². The molecule has 0 aromatic carbocycles. The Labute approximate surface area is 163 Å². The molecule has 1 amide bonds. The molecule has 0 bridgehead atoms. The third-order valence-electron chi connectivity index (χ3n) is 7.31. The molecule has 3 aliphatic rings. The number of aliphatic hydroxyl groups is 1. The van der Waals surface area contributed by atoms with Gasteiger partial charge in [-0.2, -0.15) is 0 Å². The molecule has 0 radical (unpaired) electrons. The summed E-state index contributed by atoms with van der Waals surface area (Å²) in [6.07, 6.45) is 3.77. The van der Waals surface area contributed by atoms with E-state index in [1.54, 1.807) is 0 Å². The third kappa shape index (κ3) is 4.04. The van der Waals surface area contributed by atoms with Gasteiger partial charge in [0, 0.05) is 13.1 Å². The predicted molar refractivity (Wildman–Crippen MR) is 104 cm³/mol. The summed E-state index contributed by atoms with van der Waals surface area (Å²) in [6, 6.07) is -0.419. The maximum absolute atomic E-state index is 12.6. The molecule has 3 N–H and O–H groups in total. The molecule has 0 aliphatic carbocycles. The minimum Gasteiger partial charge on any atom is -0.390 e. The van der Waals surface area contributed by atoms with E-state index in [0.29, 0.717) is 13.0 Å². The monoisotopic (exact) mass is 382 g/mol. The van der Waals surface area contributed by atoms with Gasteiger partial charge in [0.15, 0.2) is 0 Å². The second-order valence-electron chi connectivity index (χ2n) is 10.2. The van der Waals surface area contributed by atoms with Crippen LogP contribution in [0.25, 0.3) is 0 Å². The van der Waals surface area contributed by atoms with Gasteiger partial charge in [0.1, 0.15) is 0 Å². The highest BCUT2D eigenvalue weighted by atomic mass is 16.6. The normalized spacial score (nSPS) is 37.0. The van der Waals surface area contributed by atoms with Crippen molar-refractivity contribution in [2.75, 3.05) is 19.7 Å². The maximum Gasteiger partial charge on any atom is 0.239 e. The number of fused-ring (bicyclic) bond motifs is 1. The number of carbonyl (C=O) groups excluding carboxylic acids is 1. The fourth-order valence-electron chi connectivity index (χ4n) is 4.74. The topological polar surface area (TPSA) is 85.0 Å².